The van der Waals surface area contributed by atoms with Crippen molar-refractivity contribution in [3.63, 3.8) is 0 Å². The second kappa shape index (κ2) is 7.31. The molecular weight excluding hydrogens is 297 g/mol. The molecule has 0 atom stereocenters. The Morgan fingerprint density at radius 2 is 1.95 bits per heavy atom. The summed E-state index contributed by atoms with van der Waals surface area (Å²) in [6.07, 6.45) is 0. The van der Waals surface area contributed by atoms with Crippen molar-refractivity contribution in [1.29, 1.82) is 0 Å². The normalized spacial score (nSPS) is 10.3. The fraction of sp³-hybridized carbons (Fsp3) is 0.133. The minimum Gasteiger partial charge on any atom is -0.351 e. The molecule has 5 heteroatoms. The van der Waals surface area contributed by atoms with E-state index in [1.165, 1.54) is 18.2 Å². The maximum atomic E-state index is 13.5. The Morgan fingerprint density at radius 1 is 1.20 bits per heavy atom. The number of hydrogen-bond donors (Lipinski definition) is 1. The van der Waals surface area contributed by atoms with Crippen LogP contribution in [0, 0.1) is 5.82 Å². The first-order valence-electron chi connectivity index (χ1n) is 6.08. The molecule has 1 N–H and O–H groups in total. The van der Waals surface area contributed by atoms with E-state index >= 15 is 0 Å². The van der Waals surface area contributed by atoms with Gasteiger partial charge in [-0.25, -0.2) is 4.39 Å². The van der Waals surface area contributed by atoms with Gasteiger partial charge < -0.3 is 5.32 Å². The van der Waals surface area contributed by atoms with Crippen LogP contribution in [0.1, 0.15) is 10.4 Å². The molecule has 0 fully saturated rings. The molecule has 0 heterocycles. The average molecular weight is 310 g/mol. The molecule has 1 amide bonds. The van der Waals surface area contributed by atoms with E-state index in [1.54, 1.807) is 11.8 Å². The van der Waals surface area contributed by atoms with E-state index in [4.69, 9.17) is 11.6 Å². The van der Waals surface area contributed by atoms with Crippen molar-refractivity contribution < 1.29 is 9.18 Å². The Hall–Kier alpha value is -1.52. The predicted octanol–water partition coefficient (Wildman–Crippen LogP) is 4.00. The van der Waals surface area contributed by atoms with Crippen molar-refractivity contribution in [2.45, 2.75) is 4.90 Å². The Morgan fingerprint density at radius 3 is 2.70 bits per heavy atom. The molecule has 2 rings (SSSR count). The third-order valence-corrected chi connectivity index (χ3v) is 3.82. The molecule has 0 bridgehead atoms. The van der Waals surface area contributed by atoms with Crippen LogP contribution in [0.15, 0.2) is 53.4 Å². The van der Waals surface area contributed by atoms with Crippen molar-refractivity contribution in [3.8, 4) is 0 Å². The summed E-state index contributed by atoms with van der Waals surface area (Å²) in [5.41, 5.74) is -0.0257. The fourth-order valence-corrected chi connectivity index (χ4v) is 2.58. The van der Waals surface area contributed by atoms with Gasteiger partial charge in [0.2, 0.25) is 0 Å². The highest BCUT2D eigenvalue weighted by Crippen LogP contribution is 2.17. The van der Waals surface area contributed by atoms with Gasteiger partial charge in [0, 0.05) is 22.2 Å². The molecule has 0 saturated heterocycles. The van der Waals surface area contributed by atoms with Crippen LogP contribution in [-0.4, -0.2) is 18.2 Å². The molecule has 0 aromatic heterocycles. The molecule has 0 aliphatic heterocycles. The molecule has 0 radical (unpaired) electrons. The topological polar surface area (TPSA) is 29.1 Å². The number of carbonyl (C=O) groups is 1. The standard InChI is InChI=1S/C15H13ClFNOS/c16-11-6-7-14(17)13(10-11)15(19)18-8-9-20-12-4-2-1-3-5-12/h1-7,10H,8-9H2,(H,18,19). The molecule has 2 aromatic rings. The molecule has 0 spiro atoms. The highest BCUT2D eigenvalue weighted by atomic mass is 35.5. The number of amides is 1. The van der Waals surface area contributed by atoms with Gasteiger partial charge in [0.15, 0.2) is 0 Å². The Bertz CT molecular complexity index is 592. The molecule has 0 saturated carbocycles. The number of nitrogens with one attached hydrogen (secondary N) is 1. The van der Waals surface area contributed by atoms with Crippen LogP contribution in [-0.2, 0) is 0 Å². The minimum atomic E-state index is -0.567. The smallest absolute Gasteiger partial charge is 0.254 e. The van der Waals surface area contributed by atoms with Crippen molar-refractivity contribution in [2.24, 2.45) is 0 Å². The van der Waals surface area contributed by atoms with E-state index in [2.05, 4.69) is 5.32 Å². The van der Waals surface area contributed by atoms with Gasteiger partial charge in [-0.2, -0.15) is 0 Å². The summed E-state index contributed by atoms with van der Waals surface area (Å²) in [5, 5.41) is 3.02. The quantitative estimate of drug-likeness (QED) is 0.668. The lowest BCUT2D eigenvalue weighted by molar-refractivity contribution is 0.0952. The van der Waals surface area contributed by atoms with Gasteiger partial charge in [0.1, 0.15) is 5.82 Å². The number of benzene rings is 2. The Kier molecular flexibility index (Phi) is 5.44. The van der Waals surface area contributed by atoms with E-state index in [0.29, 0.717) is 11.6 Å². The lowest BCUT2D eigenvalue weighted by Crippen LogP contribution is -2.26. The largest absolute Gasteiger partial charge is 0.351 e. The number of carbonyl (C=O) groups excluding carboxylic acids is 1. The van der Waals surface area contributed by atoms with E-state index in [0.717, 1.165) is 10.6 Å². The first-order valence-corrected chi connectivity index (χ1v) is 7.44. The maximum absolute atomic E-state index is 13.5. The van der Waals surface area contributed by atoms with Gasteiger partial charge in [-0.15, -0.1) is 11.8 Å². The minimum absolute atomic E-state index is 0.0257. The zero-order valence-corrected chi connectivity index (χ0v) is 12.2. The second-order valence-corrected chi connectivity index (χ2v) is 5.65. The van der Waals surface area contributed by atoms with Gasteiger partial charge >= 0.3 is 0 Å². The van der Waals surface area contributed by atoms with E-state index in [1.807, 2.05) is 30.3 Å². The third kappa shape index (κ3) is 4.25. The van der Waals surface area contributed by atoms with Gasteiger partial charge in [0.25, 0.3) is 5.91 Å². The molecule has 0 aliphatic rings. The highest BCUT2D eigenvalue weighted by molar-refractivity contribution is 7.99. The van der Waals surface area contributed by atoms with Crippen LogP contribution in [0.25, 0.3) is 0 Å². The number of hydrogen-bond acceptors (Lipinski definition) is 2. The summed E-state index contributed by atoms with van der Waals surface area (Å²) in [5.74, 6) is -0.293. The third-order valence-electron chi connectivity index (χ3n) is 2.57. The van der Waals surface area contributed by atoms with E-state index in [-0.39, 0.29) is 5.56 Å². The highest BCUT2D eigenvalue weighted by Gasteiger charge is 2.11. The Balaban J connectivity index is 1.82. The summed E-state index contributed by atoms with van der Waals surface area (Å²) in [6.45, 7) is 0.463. The molecule has 2 nitrogen and oxygen atoms in total. The summed E-state index contributed by atoms with van der Waals surface area (Å²) in [7, 11) is 0. The van der Waals surface area contributed by atoms with Crippen LogP contribution < -0.4 is 5.32 Å². The summed E-state index contributed by atoms with van der Waals surface area (Å²) < 4.78 is 13.5. The van der Waals surface area contributed by atoms with Crippen LogP contribution in [0.4, 0.5) is 4.39 Å². The van der Waals surface area contributed by atoms with Crippen LogP contribution in [0.2, 0.25) is 5.02 Å². The van der Waals surface area contributed by atoms with Crippen LogP contribution >= 0.6 is 23.4 Å². The zero-order chi connectivity index (χ0) is 14.4. The number of halogens is 2. The first kappa shape index (κ1) is 14.9. The lowest BCUT2D eigenvalue weighted by atomic mass is 10.2. The molecular formula is C15H13ClFNOS. The number of rotatable bonds is 5. The molecule has 2 aromatic carbocycles. The predicted molar refractivity (Wildman–Crippen MR) is 80.9 cm³/mol. The summed E-state index contributed by atoms with van der Waals surface area (Å²) in [6, 6.07) is 13.8. The van der Waals surface area contributed by atoms with Gasteiger partial charge in [-0.05, 0) is 30.3 Å². The van der Waals surface area contributed by atoms with Crippen molar-refractivity contribution >= 4 is 29.3 Å². The van der Waals surface area contributed by atoms with Gasteiger partial charge in [-0.3, -0.25) is 4.79 Å². The Labute approximate surface area is 126 Å². The summed E-state index contributed by atoms with van der Waals surface area (Å²) in [4.78, 5) is 12.9. The second-order valence-electron chi connectivity index (χ2n) is 4.04. The zero-order valence-electron chi connectivity index (χ0n) is 10.6. The molecule has 104 valence electrons. The van der Waals surface area contributed by atoms with Gasteiger partial charge in [0.05, 0.1) is 5.56 Å². The van der Waals surface area contributed by atoms with Crippen molar-refractivity contribution in [3.05, 3.63) is 64.9 Å². The maximum Gasteiger partial charge on any atom is 0.254 e. The SMILES string of the molecule is O=C(NCCSc1ccccc1)c1cc(Cl)ccc1F. The molecule has 0 unspecified atom stereocenters. The van der Waals surface area contributed by atoms with Crippen molar-refractivity contribution in [1.82, 2.24) is 5.32 Å². The van der Waals surface area contributed by atoms with Crippen molar-refractivity contribution in [2.75, 3.05) is 12.3 Å². The summed E-state index contributed by atoms with van der Waals surface area (Å²) >= 11 is 7.38. The fourth-order valence-electron chi connectivity index (χ4n) is 1.62. The first-order chi connectivity index (χ1) is 9.66. The van der Waals surface area contributed by atoms with E-state index in [9.17, 15) is 9.18 Å². The van der Waals surface area contributed by atoms with Crippen LogP contribution in [0.5, 0.6) is 0 Å². The number of thioether (sulfide) groups is 1. The lowest BCUT2D eigenvalue weighted by Gasteiger charge is -2.06. The molecule has 20 heavy (non-hydrogen) atoms. The monoisotopic (exact) mass is 309 g/mol. The molecule has 0 aliphatic carbocycles. The van der Waals surface area contributed by atoms with Gasteiger partial charge in [-0.1, -0.05) is 29.8 Å². The van der Waals surface area contributed by atoms with E-state index < -0.39 is 11.7 Å². The average Bonchev–Trinajstić information content (AvgIpc) is 2.47. The van der Waals surface area contributed by atoms with Crippen LogP contribution in [0.3, 0.4) is 0 Å².